The molecule has 2 rings (SSSR count). The van der Waals surface area contributed by atoms with Crippen LogP contribution in [0.4, 0.5) is 11.4 Å². The second-order valence-electron chi connectivity index (χ2n) is 5.07. The molecule has 0 aromatic heterocycles. The lowest BCUT2D eigenvalue weighted by Crippen LogP contribution is -2.30. The van der Waals surface area contributed by atoms with Gasteiger partial charge in [0.25, 0.3) is 11.6 Å². The molecular weight excluding hydrogens is 328 g/mol. The smallest absolute Gasteiger partial charge is 0.338 e. The van der Waals surface area contributed by atoms with Crippen molar-refractivity contribution >= 4 is 23.3 Å². The van der Waals surface area contributed by atoms with E-state index in [1.165, 1.54) is 50.4 Å². The minimum absolute atomic E-state index is 0.152. The fraction of sp³-hybridized carbons (Fsp3) is 0.176. The second-order valence-corrected chi connectivity index (χ2v) is 5.07. The first-order valence-corrected chi connectivity index (χ1v) is 7.31. The van der Waals surface area contributed by atoms with Crippen molar-refractivity contribution in [2.24, 2.45) is 0 Å². The molecule has 8 nitrogen and oxygen atoms in total. The zero-order valence-electron chi connectivity index (χ0n) is 13.6. The van der Waals surface area contributed by atoms with Crippen molar-refractivity contribution in [3.05, 3.63) is 64.2 Å². The second kappa shape index (κ2) is 7.91. The lowest BCUT2D eigenvalue weighted by molar-refractivity contribution is -0.384. The summed E-state index contributed by atoms with van der Waals surface area (Å²) in [6, 6.07) is 11.7. The summed E-state index contributed by atoms with van der Waals surface area (Å²) in [6.45, 7) is 1.41. The number of non-ortho nitro benzene ring substituents is 1. The van der Waals surface area contributed by atoms with Gasteiger partial charge in [0.05, 0.1) is 17.6 Å². The van der Waals surface area contributed by atoms with Crippen LogP contribution in [-0.2, 0) is 9.53 Å². The molecule has 0 spiro atoms. The standard InChI is InChI=1S/C17H16N2O6/c1-11(25-17(21)12-6-8-15(24-2)9-7-12)16(20)18-13-4-3-5-14(10-13)19(22)23/h3-11H,1-2H3,(H,18,20)/t11-/m0/s1. The number of nitrogens with zero attached hydrogens (tertiary/aromatic N) is 1. The van der Waals surface area contributed by atoms with Gasteiger partial charge < -0.3 is 14.8 Å². The van der Waals surface area contributed by atoms with Gasteiger partial charge in [0, 0.05) is 17.8 Å². The number of nitro groups is 1. The molecule has 0 fully saturated rings. The number of carbonyl (C=O) groups excluding carboxylic acids is 2. The van der Waals surface area contributed by atoms with Crippen molar-refractivity contribution in [2.75, 3.05) is 12.4 Å². The van der Waals surface area contributed by atoms with Crippen LogP contribution in [0, 0.1) is 10.1 Å². The van der Waals surface area contributed by atoms with Gasteiger partial charge in [0.15, 0.2) is 6.10 Å². The SMILES string of the molecule is COc1ccc(C(=O)O[C@@H](C)C(=O)Nc2cccc([N+](=O)[O-])c2)cc1. The van der Waals surface area contributed by atoms with Gasteiger partial charge in [-0.1, -0.05) is 6.07 Å². The van der Waals surface area contributed by atoms with Crippen LogP contribution in [0.1, 0.15) is 17.3 Å². The number of hydrogen-bond donors (Lipinski definition) is 1. The van der Waals surface area contributed by atoms with Gasteiger partial charge in [-0.15, -0.1) is 0 Å². The minimum Gasteiger partial charge on any atom is -0.497 e. The van der Waals surface area contributed by atoms with Crippen LogP contribution in [0.5, 0.6) is 5.75 Å². The highest BCUT2D eigenvalue weighted by molar-refractivity contribution is 5.97. The highest BCUT2D eigenvalue weighted by Crippen LogP contribution is 2.18. The van der Waals surface area contributed by atoms with Gasteiger partial charge in [-0.05, 0) is 37.3 Å². The molecule has 0 aliphatic carbocycles. The van der Waals surface area contributed by atoms with Crippen molar-refractivity contribution in [2.45, 2.75) is 13.0 Å². The number of carbonyl (C=O) groups is 2. The molecule has 130 valence electrons. The zero-order valence-corrected chi connectivity index (χ0v) is 13.6. The average molecular weight is 344 g/mol. The Hall–Kier alpha value is -3.42. The molecule has 0 aliphatic rings. The van der Waals surface area contributed by atoms with Gasteiger partial charge in [-0.3, -0.25) is 14.9 Å². The quantitative estimate of drug-likeness (QED) is 0.490. The molecule has 1 amide bonds. The zero-order chi connectivity index (χ0) is 18.4. The molecule has 0 saturated carbocycles. The molecule has 1 N–H and O–H groups in total. The highest BCUT2D eigenvalue weighted by atomic mass is 16.6. The first kappa shape index (κ1) is 17.9. The number of amides is 1. The topological polar surface area (TPSA) is 108 Å². The Balaban J connectivity index is 1.98. The number of nitrogens with one attached hydrogen (secondary N) is 1. The molecule has 0 bridgehead atoms. The molecule has 0 heterocycles. The number of hydrogen-bond acceptors (Lipinski definition) is 6. The number of nitro benzene ring substituents is 1. The number of benzene rings is 2. The molecule has 2 aromatic carbocycles. The van der Waals surface area contributed by atoms with E-state index in [0.717, 1.165) is 0 Å². The van der Waals surface area contributed by atoms with E-state index in [-0.39, 0.29) is 16.9 Å². The molecule has 2 aromatic rings. The Labute approximate surface area is 143 Å². The normalized spacial score (nSPS) is 11.3. The van der Waals surface area contributed by atoms with Crippen molar-refractivity contribution in [1.82, 2.24) is 0 Å². The van der Waals surface area contributed by atoms with Crippen LogP contribution >= 0.6 is 0 Å². The van der Waals surface area contributed by atoms with E-state index in [2.05, 4.69) is 5.32 Å². The van der Waals surface area contributed by atoms with Gasteiger partial charge in [0.1, 0.15) is 5.75 Å². The van der Waals surface area contributed by atoms with Crippen molar-refractivity contribution in [3.8, 4) is 5.75 Å². The first-order valence-electron chi connectivity index (χ1n) is 7.31. The van der Waals surface area contributed by atoms with E-state index < -0.39 is 22.9 Å². The Morgan fingerprint density at radius 1 is 1.16 bits per heavy atom. The van der Waals surface area contributed by atoms with Crippen LogP contribution in [0.25, 0.3) is 0 Å². The Morgan fingerprint density at radius 2 is 1.84 bits per heavy atom. The molecule has 25 heavy (non-hydrogen) atoms. The van der Waals surface area contributed by atoms with Gasteiger partial charge in [-0.25, -0.2) is 4.79 Å². The Bertz CT molecular complexity index is 788. The first-order chi connectivity index (χ1) is 11.9. The largest absolute Gasteiger partial charge is 0.497 e. The summed E-state index contributed by atoms with van der Waals surface area (Å²) in [5.74, 6) is -0.667. The number of ether oxygens (including phenoxy) is 2. The van der Waals surface area contributed by atoms with E-state index in [1.807, 2.05) is 0 Å². The van der Waals surface area contributed by atoms with Crippen molar-refractivity contribution < 1.29 is 24.0 Å². The summed E-state index contributed by atoms with van der Waals surface area (Å²) >= 11 is 0. The number of anilines is 1. The van der Waals surface area contributed by atoms with Crippen LogP contribution in [0.3, 0.4) is 0 Å². The summed E-state index contributed by atoms with van der Waals surface area (Å²) < 4.78 is 10.1. The summed E-state index contributed by atoms with van der Waals surface area (Å²) in [5, 5.41) is 13.2. The fourth-order valence-electron chi connectivity index (χ4n) is 1.95. The van der Waals surface area contributed by atoms with Crippen LogP contribution < -0.4 is 10.1 Å². The third-order valence-corrected chi connectivity index (χ3v) is 3.30. The van der Waals surface area contributed by atoms with E-state index in [1.54, 1.807) is 12.1 Å². The molecular formula is C17H16N2O6. The lowest BCUT2D eigenvalue weighted by atomic mass is 10.2. The Kier molecular flexibility index (Phi) is 5.67. The molecule has 0 saturated heterocycles. The van der Waals surface area contributed by atoms with E-state index in [0.29, 0.717) is 5.75 Å². The number of esters is 1. The molecule has 0 radical (unpaired) electrons. The lowest BCUT2D eigenvalue weighted by Gasteiger charge is -2.13. The molecule has 0 aliphatic heterocycles. The molecule has 0 unspecified atom stereocenters. The fourth-order valence-corrected chi connectivity index (χ4v) is 1.95. The minimum atomic E-state index is -1.08. The van der Waals surface area contributed by atoms with E-state index >= 15 is 0 Å². The Morgan fingerprint density at radius 3 is 2.44 bits per heavy atom. The van der Waals surface area contributed by atoms with Gasteiger partial charge in [-0.2, -0.15) is 0 Å². The number of rotatable bonds is 6. The monoisotopic (exact) mass is 344 g/mol. The summed E-state index contributed by atoms with van der Waals surface area (Å²) in [4.78, 5) is 34.3. The van der Waals surface area contributed by atoms with Crippen molar-refractivity contribution in [1.29, 1.82) is 0 Å². The maximum atomic E-state index is 12.1. The van der Waals surface area contributed by atoms with Gasteiger partial charge >= 0.3 is 5.97 Å². The summed E-state index contributed by atoms with van der Waals surface area (Å²) in [6.07, 6.45) is -1.08. The molecule has 8 heteroatoms. The number of methoxy groups -OCH3 is 1. The van der Waals surface area contributed by atoms with Gasteiger partial charge in [0.2, 0.25) is 0 Å². The van der Waals surface area contributed by atoms with E-state index in [9.17, 15) is 19.7 Å². The van der Waals surface area contributed by atoms with Crippen molar-refractivity contribution in [3.63, 3.8) is 0 Å². The maximum absolute atomic E-state index is 12.1. The van der Waals surface area contributed by atoms with E-state index in [4.69, 9.17) is 9.47 Å². The maximum Gasteiger partial charge on any atom is 0.338 e. The van der Waals surface area contributed by atoms with Crippen LogP contribution in [-0.4, -0.2) is 30.0 Å². The highest BCUT2D eigenvalue weighted by Gasteiger charge is 2.19. The summed E-state index contributed by atoms with van der Waals surface area (Å²) in [5.41, 5.74) is 0.364. The third kappa shape index (κ3) is 4.77. The third-order valence-electron chi connectivity index (χ3n) is 3.30. The van der Waals surface area contributed by atoms with Crippen LogP contribution in [0.2, 0.25) is 0 Å². The predicted octanol–water partition coefficient (Wildman–Crippen LogP) is 2.79. The van der Waals surface area contributed by atoms with Crippen LogP contribution in [0.15, 0.2) is 48.5 Å². The summed E-state index contributed by atoms with van der Waals surface area (Å²) in [7, 11) is 1.51. The average Bonchev–Trinajstić information content (AvgIpc) is 2.61. The predicted molar refractivity (Wildman–Crippen MR) is 89.6 cm³/mol. The molecule has 1 atom stereocenters.